The fraction of sp³-hybridized carbons (Fsp3) is 0.917. The molecule has 0 saturated heterocycles. The number of hydrogen-bond acceptors (Lipinski definition) is 4. The summed E-state index contributed by atoms with van der Waals surface area (Å²) >= 11 is 0. The van der Waals surface area contributed by atoms with Crippen LogP contribution in [-0.4, -0.2) is 54.7 Å². The highest BCUT2D eigenvalue weighted by Crippen LogP contribution is 2.05. The van der Waals surface area contributed by atoms with Gasteiger partial charge in [-0.1, -0.05) is 13.8 Å². The van der Waals surface area contributed by atoms with E-state index in [4.69, 9.17) is 5.73 Å². The van der Waals surface area contributed by atoms with E-state index in [1.807, 2.05) is 32.8 Å². The predicted molar refractivity (Wildman–Crippen MR) is 69.6 cm³/mol. The van der Waals surface area contributed by atoms with E-state index in [1.54, 1.807) is 6.92 Å². The summed E-state index contributed by atoms with van der Waals surface area (Å²) in [7, 11) is 3.75. The fourth-order valence-electron chi connectivity index (χ4n) is 1.76. The Morgan fingerprint density at radius 3 is 2.41 bits per heavy atom. The van der Waals surface area contributed by atoms with Crippen LogP contribution in [0.25, 0.3) is 0 Å². The highest BCUT2D eigenvalue weighted by Gasteiger charge is 2.23. The molecule has 0 bridgehead atoms. The van der Waals surface area contributed by atoms with Crippen LogP contribution < -0.4 is 11.1 Å². The lowest BCUT2D eigenvalue weighted by Crippen LogP contribution is -2.50. The molecule has 0 radical (unpaired) electrons. The summed E-state index contributed by atoms with van der Waals surface area (Å²) in [5, 5.41) is 12.7. The number of carbonyl (C=O) groups excluding carboxylic acids is 1. The molecule has 0 aliphatic rings. The predicted octanol–water partition coefficient (Wildman–Crippen LogP) is -0.211. The zero-order valence-electron chi connectivity index (χ0n) is 11.7. The van der Waals surface area contributed by atoms with E-state index in [-0.39, 0.29) is 12.5 Å². The Balaban J connectivity index is 4.06. The van der Waals surface area contributed by atoms with Crippen LogP contribution in [0.3, 0.4) is 0 Å². The number of rotatable bonds is 7. The van der Waals surface area contributed by atoms with Gasteiger partial charge in [0.25, 0.3) is 0 Å². The van der Waals surface area contributed by atoms with Crippen molar-refractivity contribution >= 4 is 5.91 Å². The minimum Gasteiger partial charge on any atom is -0.387 e. The topological polar surface area (TPSA) is 78.6 Å². The third kappa shape index (κ3) is 8.12. The minimum absolute atomic E-state index is 0.197. The van der Waals surface area contributed by atoms with Crippen LogP contribution >= 0.6 is 0 Å². The van der Waals surface area contributed by atoms with Crippen molar-refractivity contribution in [1.82, 2.24) is 10.2 Å². The monoisotopic (exact) mass is 245 g/mol. The van der Waals surface area contributed by atoms with E-state index < -0.39 is 11.6 Å². The summed E-state index contributed by atoms with van der Waals surface area (Å²) in [6.07, 6.45) is 0.654. The van der Waals surface area contributed by atoms with Crippen molar-refractivity contribution in [2.75, 3.05) is 27.2 Å². The quantitative estimate of drug-likeness (QED) is 0.580. The summed E-state index contributed by atoms with van der Waals surface area (Å²) in [5.74, 6) is 0.191. The minimum atomic E-state index is -0.934. The van der Waals surface area contributed by atoms with Gasteiger partial charge in [0, 0.05) is 13.1 Å². The van der Waals surface area contributed by atoms with Gasteiger partial charge in [0.05, 0.1) is 11.6 Å². The zero-order valence-corrected chi connectivity index (χ0v) is 11.7. The molecule has 0 aliphatic carbocycles. The number of nitrogens with one attached hydrogen (secondary N) is 1. The number of likely N-dealkylation sites (N-methyl/N-ethyl adjacent to an activating group) is 1. The Hall–Kier alpha value is -0.650. The maximum absolute atomic E-state index is 11.7. The summed E-state index contributed by atoms with van der Waals surface area (Å²) in [6.45, 7) is 6.45. The maximum Gasteiger partial charge on any atom is 0.237 e. The van der Waals surface area contributed by atoms with Crippen molar-refractivity contribution in [3.8, 4) is 0 Å². The molecule has 1 amide bonds. The van der Waals surface area contributed by atoms with Crippen LogP contribution in [0.5, 0.6) is 0 Å². The van der Waals surface area contributed by atoms with Crippen molar-refractivity contribution in [2.45, 2.75) is 38.8 Å². The lowest BCUT2D eigenvalue weighted by atomic mass is 10.0. The average Bonchev–Trinajstić information content (AvgIpc) is 2.11. The summed E-state index contributed by atoms with van der Waals surface area (Å²) in [6, 6.07) is -0.495. The van der Waals surface area contributed by atoms with E-state index >= 15 is 0 Å². The molecule has 0 heterocycles. The first-order valence-electron chi connectivity index (χ1n) is 6.04. The van der Waals surface area contributed by atoms with Crippen LogP contribution in [0.1, 0.15) is 27.2 Å². The van der Waals surface area contributed by atoms with E-state index in [0.29, 0.717) is 18.9 Å². The fourth-order valence-corrected chi connectivity index (χ4v) is 1.76. The van der Waals surface area contributed by atoms with Gasteiger partial charge in [0.15, 0.2) is 0 Å². The van der Waals surface area contributed by atoms with E-state index in [9.17, 15) is 9.90 Å². The van der Waals surface area contributed by atoms with Crippen LogP contribution in [0.4, 0.5) is 0 Å². The molecule has 0 rings (SSSR count). The molecule has 5 nitrogen and oxygen atoms in total. The van der Waals surface area contributed by atoms with Gasteiger partial charge in [-0.25, -0.2) is 0 Å². The zero-order chi connectivity index (χ0) is 13.6. The lowest BCUT2D eigenvalue weighted by molar-refractivity contribution is -0.124. The van der Waals surface area contributed by atoms with Crippen LogP contribution in [0, 0.1) is 5.92 Å². The van der Waals surface area contributed by atoms with E-state index in [1.165, 1.54) is 0 Å². The standard InChI is InChI=1S/C12H27N3O2/c1-9(2)6-10(13)11(16)14-7-12(3,17)8-15(4)5/h9-10,17H,6-8,13H2,1-5H3,(H,14,16). The lowest BCUT2D eigenvalue weighted by Gasteiger charge is -2.27. The smallest absolute Gasteiger partial charge is 0.237 e. The molecular formula is C12H27N3O2. The molecule has 0 aliphatic heterocycles. The SMILES string of the molecule is CC(C)CC(N)C(=O)NCC(C)(O)CN(C)C. The first-order chi connectivity index (χ1) is 7.64. The third-order valence-corrected chi connectivity index (χ3v) is 2.36. The Morgan fingerprint density at radius 2 is 2.00 bits per heavy atom. The molecule has 0 saturated carbocycles. The second-order valence-corrected chi connectivity index (χ2v) is 5.69. The molecule has 0 fully saturated rings. The molecular weight excluding hydrogens is 218 g/mol. The van der Waals surface area contributed by atoms with Crippen molar-refractivity contribution in [1.29, 1.82) is 0 Å². The highest BCUT2D eigenvalue weighted by molar-refractivity contribution is 5.81. The molecule has 102 valence electrons. The molecule has 17 heavy (non-hydrogen) atoms. The van der Waals surface area contributed by atoms with Gasteiger partial charge < -0.3 is 21.1 Å². The van der Waals surface area contributed by atoms with Gasteiger partial charge in [0.1, 0.15) is 0 Å². The van der Waals surface area contributed by atoms with Crippen molar-refractivity contribution in [3.63, 3.8) is 0 Å². The van der Waals surface area contributed by atoms with Gasteiger partial charge in [-0.2, -0.15) is 0 Å². The molecule has 5 heteroatoms. The number of hydrogen-bond donors (Lipinski definition) is 3. The van der Waals surface area contributed by atoms with Gasteiger partial charge >= 0.3 is 0 Å². The third-order valence-electron chi connectivity index (χ3n) is 2.36. The normalized spacial score (nSPS) is 17.0. The van der Waals surface area contributed by atoms with Crippen molar-refractivity contribution in [2.24, 2.45) is 11.7 Å². The molecule has 4 N–H and O–H groups in total. The summed E-state index contributed by atoms with van der Waals surface area (Å²) in [5.41, 5.74) is 4.81. The Labute approximate surface area is 104 Å². The molecule has 0 aromatic heterocycles. The Morgan fingerprint density at radius 1 is 1.47 bits per heavy atom. The van der Waals surface area contributed by atoms with Crippen LogP contribution in [0.2, 0.25) is 0 Å². The van der Waals surface area contributed by atoms with Gasteiger partial charge in [0.2, 0.25) is 5.91 Å². The second-order valence-electron chi connectivity index (χ2n) is 5.69. The molecule has 2 atom stereocenters. The molecule has 2 unspecified atom stereocenters. The first-order valence-corrected chi connectivity index (χ1v) is 6.04. The number of nitrogens with zero attached hydrogens (tertiary/aromatic N) is 1. The largest absolute Gasteiger partial charge is 0.387 e. The maximum atomic E-state index is 11.7. The van der Waals surface area contributed by atoms with Crippen molar-refractivity contribution in [3.05, 3.63) is 0 Å². The number of amides is 1. The van der Waals surface area contributed by atoms with E-state index in [2.05, 4.69) is 5.32 Å². The number of carbonyl (C=O) groups is 1. The average molecular weight is 245 g/mol. The summed E-state index contributed by atoms with van der Waals surface area (Å²) in [4.78, 5) is 13.5. The molecule has 0 aromatic carbocycles. The number of aliphatic hydroxyl groups is 1. The highest BCUT2D eigenvalue weighted by atomic mass is 16.3. The number of nitrogens with two attached hydrogens (primary N) is 1. The van der Waals surface area contributed by atoms with Crippen LogP contribution in [-0.2, 0) is 4.79 Å². The second kappa shape index (κ2) is 6.93. The van der Waals surface area contributed by atoms with Gasteiger partial charge in [-0.05, 0) is 33.4 Å². The Bertz CT molecular complexity index is 240. The first kappa shape index (κ1) is 16.4. The molecule has 0 spiro atoms. The van der Waals surface area contributed by atoms with Crippen LogP contribution in [0.15, 0.2) is 0 Å². The Kier molecular flexibility index (Phi) is 6.67. The van der Waals surface area contributed by atoms with Gasteiger partial charge in [-0.15, -0.1) is 0 Å². The van der Waals surface area contributed by atoms with E-state index in [0.717, 1.165) is 0 Å². The van der Waals surface area contributed by atoms with Gasteiger partial charge in [-0.3, -0.25) is 4.79 Å². The molecule has 0 aromatic rings. The van der Waals surface area contributed by atoms with Crippen molar-refractivity contribution < 1.29 is 9.90 Å². The summed E-state index contributed by atoms with van der Waals surface area (Å²) < 4.78 is 0.